The zero-order valence-electron chi connectivity index (χ0n) is 17.4. The fraction of sp³-hybridized carbons (Fsp3) is 0.727. The number of benzene rings is 1. The van der Waals surface area contributed by atoms with Crippen LogP contribution in [-0.2, 0) is 0 Å². The highest BCUT2D eigenvalue weighted by molar-refractivity contribution is 6.74. The Morgan fingerprint density at radius 1 is 0.833 bits per heavy atom. The molecule has 1 nitrogen and oxygen atoms in total. The standard InChI is InChI=1S/C22H36BN/c1-16-17(23-13-19(2,3)20(4,5)14-23)11-10-12-18(16)24-15-21(6,7)22(24,8)9/h10-12H,13-15H2,1-9H3. The largest absolute Gasteiger partial charge is 0.365 e. The van der Waals surface area contributed by atoms with Crippen LogP contribution in [0.25, 0.3) is 0 Å². The fourth-order valence-corrected chi connectivity index (χ4v) is 4.90. The van der Waals surface area contributed by atoms with Gasteiger partial charge in [-0.2, -0.15) is 0 Å². The van der Waals surface area contributed by atoms with E-state index in [9.17, 15) is 0 Å². The van der Waals surface area contributed by atoms with Crippen LogP contribution < -0.4 is 10.4 Å². The van der Waals surface area contributed by atoms with Gasteiger partial charge < -0.3 is 4.90 Å². The Hall–Kier alpha value is -0.915. The normalized spacial score (nSPS) is 26.4. The molecule has 0 bridgehead atoms. The zero-order valence-corrected chi connectivity index (χ0v) is 17.4. The van der Waals surface area contributed by atoms with Crippen LogP contribution in [0.2, 0.25) is 12.6 Å². The topological polar surface area (TPSA) is 3.24 Å². The third-order valence-corrected chi connectivity index (χ3v) is 8.31. The summed E-state index contributed by atoms with van der Waals surface area (Å²) in [6.45, 7) is 23.6. The van der Waals surface area contributed by atoms with Crippen molar-refractivity contribution in [3.63, 3.8) is 0 Å². The minimum absolute atomic E-state index is 0.227. The van der Waals surface area contributed by atoms with Gasteiger partial charge in [-0.05, 0) is 43.2 Å². The van der Waals surface area contributed by atoms with Gasteiger partial charge >= 0.3 is 0 Å². The molecule has 1 aromatic carbocycles. The molecule has 2 aliphatic rings. The molecule has 2 aliphatic heterocycles. The van der Waals surface area contributed by atoms with Crippen molar-refractivity contribution in [3.05, 3.63) is 23.8 Å². The van der Waals surface area contributed by atoms with Crippen LogP contribution in [0, 0.1) is 23.2 Å². The maximum Gasteiger partial charge on any atom is 0.177 e. The van der Waals surface area contributed by atoms with Gasteiger partial charge in [-0.3, -0.25) is 0 Å². The summed E-state index contributed by atoms with van der Waals surface area (Å²) in [7, 11) is 0. The molecule has 3 rings (SSSR count). The number of hydrogen-bond donors (Lipinski definition) is 0. The third kappa shape index (κ3) is 2.36. The van der Waals surface area contributed by atoms with Crippen LogP contribution in [0.4, 0.5) is 5.69 Å². The molecular weight excluding hydrogens is 289 g/mol. The van der Waals surface area contributed by atoms with Gasteiger partial charge in [0.25, 0.3) is 0 Å². The highest BCUT2D eigenvalue weighted by Crippen LogP contribution is 2.53. The molecule has 0 aliphatic carbocycles. The SMILES string of the molecule is Cc1c(B2CC(C)(C)C(C)(C)C2)cccc1N1CC(C)(C)C1(C)C. The van der Waals surface area contributed by atoms with Crippen molar-refractivity contribution >= 4 is 17.9 Å². The predicted molar refractivity (Wildman–Crippen MR) is 109 cm³/mol. The molecule has 0 spiro atoms. The fourth-order valence-electron chi connectivity index (χ4n) is 4.90. The lowest BCUT2D eigenvalue weighted by Crippen LogP contribution is -2.69. The summed E-state index contributed by atoms with van der Waals surface area (Å²) in [6, 6.07) is 7.01. The first-order valence-corrected chi connectivity index (χ1v) is 9.67. The predicted octanol–water partition coefficient (Wildman–Crippen LogP) is 5.39. The lowest BCUT2D eigenvalue weighted by Gasteiger charge is -2.63. The summed E-state index contributed by atoms with van der Waals surface area (Å²) in [6.07, 6.45) is 2.61. The molecule has 0 radical (unpaired) electrons. The first kappa shape index (κ1) is 17.9. The Bertz CT molecular complexity index is 638. The van der Waals surface area contributed by atoms with E-state index < -0.39 is 0 Å². The lowest BCUT2D eigenvalue weighted by molar-refractivity contribution is 0.0978. The molecule has 24 heavy (non-hydrogen) atoms. The molecule has 2 heterocycles. The summed E-state index contributed by atoms with van der Waals surface area (Å²) in [4.78, 5) is 2.62. The van der Waals surface area contributed by atoms with Crippen LogP contribution in [0.15, 0.2) is 18.2 Å². The molecule has 0 unspecified atom stereocenters. The van der Waals surface area contributed by atoms with E-state index in [2.05, 4.69) is 85.4 Å². The minimum atomic E-state index is 0.227. The number of anilines is 1. The quantitative estimate of drug-likeness (QED) is 0.659. The molecule has 132 valence electrons. The highest BCUT2D eigenvalue weighted by Gasteiger charge is 2.53. The van der Waals surface area contributed by atoms with Crippen molar-refractivity contribution in [2.75, 3.05) is 11.4 Å². The van der Waals surface area contributed by atoms with E-state index in [0.29, 0.717) is 23.0 Å². The van der Waals surface area contributed by atoms with Crippen LogP contribution >= 0.6 is 0 Å². The Labute approximate surface area is 150 Å². The Morgan fingerprint density at radius 2 is 1.38 bits per heavy atom. The average molecular weight is 325 g/mol. The molecule has 0 saturated carbocycles. The Morgan fingerprint density at radius 3 is 1.83 bits per heavy atom. The van der Waals surface area contributed by atoms with Crippen LogP contribution in [0.5, 0.6) is 0 Å². The second kappa shape index (κ2) is 5.05. The second-order valence-corrected chi connectivity index (χ2v) is 10.9. The molecule has 0 amide bonds. The van der Waals surface area contributed by atoms with E-state index in [1.807, 2.05) is 0 Å². The second-order valence-electron chi connectivity index (χ2n) is 10.9. The van der Waals surface area contributed by atoms with E-state index in [-0.39, 0.29) is 5.54 Å². The molecule has 2 fully saturated rings. The summed E-state index contributed by atoms with van der Waals surface area (Å²) in [5, 5.41) is 0. The van der Waals surface area contributed by atoms with E-state index in [0.717, 1.165) is 6.54 Å². The van der Waals surface area contributed by atoms with Gasteiger partial charge in [0.15, 0.2) is 6.71 Å². The maximum atomic E-state index is 2.62. The van der Waals surface area contributed by atoms with Crippen molar-refractivity contribution in [1.82, 2.24) is 0 Å². The highest BCUT2D eigenvalue weighted by atomic mass is 15.3. The molecule has 0 aromatic heterocycles. The van der Waals surface area contributed by atoms with Crippen molar-refractivity contribution in [1.29, 1.82) is 0 Å². The monoisotopic (exact) mass is 325 g/mol. The minimum Gasteiger partial charge on any atom is -0.365 e. The Kier molecular flexibility index (Phi) is 3.77. The Balaban J connectivity index is 1.94. The molecule has 0 N–H and O–H groups in total. The van der Waals surface area contributed by atoms with Crippen LogP contribution in [-0.4, -0.2) is 18.8 Å². The van der Waals surface area contributed by atoms with Crippen molar-refractivity contribution < 1.29 is 0 Å². The van der Waals surface area contributed by atoms with Crippen molar-refractivity contribution in [3.8, 4) is 0 Å². The maximum absolute atomic E-state index is 2.62. The van der Waals surface area contributed by atoms with Gasteiger partial charge in [0.2, 0.25) is 0 Å². The molecule has 1 aromatic rings. The number of rotatable bonds is 2. The zero-order chi connectivity index (χ0) is 18.1. The van der Waals surface area contributed by atoms with E-state index in [1.165, 1.54) is 23.9 Å². The average Bonchev–Trinajstić information content (AvgIpc) is 2.65. The first-order valence-electron chi connectivity index (χ1n) is 9.67. The molecule has 0 atom stereocenters. The molecule has 2 heteroatoms. The van der Waals surface area contributed by atoms with Gasteiger partial charge in [-0.15, -0.1) is 0 Å². The summed E-state index contributed by atoms with van der Waals surface area (Å²) in [5.74, 6) is 0. The summed E-state index contributed by atoms with van der Waals surface area (Å²) in [5.41, 5.74) is 6.00. The number of nitrogens with zero attached hydrogens (tertiary/aromatic N) is 1. The van der Waals surface area contributed by atoms with Gasteiger partial charge in [0.1, 0.15) is 0 Å². The van der Waals surface area contributed by atoms with E-state index >= 15 is 0 Å². The van der Waals surface area contributed by atoms with Gasteiger partial charge in [-0.25, -0.2) is 0 Å². The van der Waals surface area contributed by atoms with Crippen LogP contribution in [0.3, 0.4) is 0 Å². The summed E-state index contributed by atoms with van der Waals surface area (Å²) < 4.78 is 0. The lowest BCUT2D eigenvalue weighted by atomic mass is 9.41. The molecular formula is C22H36BN. The van der Waals surface area contributed by atoms with E-state index in [1.54, 1.807) is 5.46 Å². The summed E-state index contributed by atoms with van der Waals surface area (Å²) >= 11 is 0. The smallest absolute Gasteiger partial charge is 0.177 e. The van der Waals surface area contributed by atoms with Crippen molar-refractivity contribution in [2.45, 2.75) is 80.5 Å². The van der Waals surface area contributed by atoms with Gasteiger partial charge in [0, 0.05) is 23.2 Å². The van der Waals surface area contributed by atoms with Gasteiger partial charge in [0.05, 0.1) is 0 Å². The van der Waals surface area contributed by atoms with E-state index in [4.69, 9.17) is 0 Å². The first-order chi connectivity index (χ1) is 10.8. The van der Waals surface area contributed by atoms with Gasteiger partial charge in [-0.1, -0.05) is 71.8 Å². The van der Waals surface area contributed by atoms with Crippen molar-refractivity contribution in [2.24, 2.45) is 16.2 Å². The molecule has 2 saturated heterocycles. The number of hydrogen-bond acceptors (Lipinski definition) is 1. The third-order valence-electron chi connectivity index (χ3n) is 8.31. The van der Waals surface area contributed by atoms with Crippen LogP contribution in [0.1, 0.15) is 61.0 Å².